The van der Waals surface area contributed by atoms with Gasteiger partial charge in [-0.2, -0.15) is 0 Å². The maximum Gasteiger partial charge on any atom is 0.315 e. The van der Waals surface area contributed by atoms with E-state index in [1.165, 1.54) is 51.4 Å². The maximum absolute atomic E-state index is 13.9. The first kappa shape index (κ1) is 45.4. The average molecular weight is 901 g/mol. The lowest BCUT2D eigenvalue weighted by molar-refractivity contribution is -0.158. The minimum atomic E-state index is -1.24. The molecule has 2 saturated heterocycles. The van der Waals surface area contributed by atoms with Crippen LogP contribution in [0.25, 0.3) is 0 Å². The van der Waals surface area contributed by atoms with Crippen molar-refractivity contribution in [3.63, 3.8) is 0 Å². The van der Waals surface area contributed by atoms with E-state index in [0.717, 1.165) is 48.4 Å². The van der Waals surface area contributed by atoms with Crippen molar-refractivity contribution in [2.45, 2.75) is 165 Å². The highest BCUT2D eigenvalue weighted by atomic mass is 16.6. The van der Waals surface area contributed by atoms with Crippen LogP contribution in [0.4, 0.5) is 0 Å². The fourth-order valence-corrected chi connectivity index (χ4v) is 16.9. The van der Waals surface area contributed by atoms with Gasteiger partial charge >= 0.3 is 17.9 Å². The number of hydrogen-bond donors (Lipinski definition) is 7. The smallest absolute Gasteiger partial charge is 0.315 e. The van der Waals surface area contributed by atoms with Gasteiger partial charge in [0.1, 0.15) is 35.2 Å². The van der Waals surface area contributed by atoms with Crippen LogP contribution in [0.15, 0.2) is 47.6 Å². The van der Waals surface area contributed by atoms with Gasteiger partial charge in [-0.25, -0.2) is 0 Å². The molecule has 2 spiro atoms. The highest BCUT2D eigenvalue weighted by molar-refractivity contribution is 5.88. The monoisotopic (exact) mass is 901 g/mol. The topological polar surface area (TPSA) is 226 Å². The summed E-state index contributed by atoms with van der Waals surface area (Å²) in [5, 5.41) is 57.3. The predicted octanol–water partition coefficient (Wildman–Crippen LogP) is 5.19. The summed E-state index contributed by atoms with van der Waals surface area (Å²) in [6.45, 7) is 13.2. The number of rotatable bonds is 5. The number of carbonyl (C=O) groups excluding carboxylic acids is 3. The predicted molar refractivity (Wildman–Crippen MR) is 238 cm³/mol. The minimum absolute atomic E-state index is 0.0121. The molecular formula is C52H72N2O11. The van der Waals surface area contributed by atoms with Crippen LogP contribution in [0.5, 0.6) is 0 Å². The van der Waals surface area contributed by atoms with Crippen LogP contribution in [0.1, 0.15) is 129 Å². The number of ether oxygens (including phenoxy) is 2. The van der Waals surface area contributed by atoms with Gasteiger partial charge in [0.2, 0.25) is 5.91 Å². The Hall–Kier alpha value is -3.36. The summed E-state index contributed by atoms with van der Waals surface area (Å²) < 4.78 is 10.9. The van der Waals surface area contributed by atoms with E-state index in [1.807, 2.05) is 6.08 Å². The van der Waals surface area contributed by atoms with E-state index in [-0.39, 0.29) is 17.7 Å². The molecule has 10 fully saturated rings. The molecule has 13 heteroatoms. The standard InChI is InChI=1S/C26H35NO5.C19H22O6.C7H15N/c1-14-11-25-13-26(14,31)9-8-17(25)16-10-18-21(28)24(2,23(30)32-18)19(16)20(25)22(29)27-12-15-6-4-3-5-7-15;1-8-6-18-7-19(8,24)4-3-10(18)9-5-11-14(20)17(2,16(23)25-11)12(9)13(18)15(21)22;8-6-7-4-2-1-3-5-7/h10,15,17-21,28,31H,1,3-9,11-13H2,2H3,(H,27,29);5,10-14,20,24H,1,3-4,6-7H2,2H3,(H,21,22);7H,1-6,8H2/t17-,18-,19+,20+,21-,24-,25-,26-;10-,11+,12+,13+,14-,17-,18-,19-;/m00./s1. The zero-order chi connectivity index (χ0) is 46.2. The number of fused-ring (bicyclic) bond motifs is 12. The molecule has 16 atom stereocenters. The minimum Gasteiger partial charge on any atom is -0.481 e. The largest absolute Gasteiger partial charge is 0.481 e. The van der Waals surface area contributed by atoms with Crippen molar-refractivity contribution in [1.82, 2.24) is 5.32 Å². The van der Waals surface area contributed by atoms with Gasteiger partial charge < -0.3 is 46.1 Å². The summed E-state index contributed by atoms with van der Waals surface area (Å²) >= 11 is 0. The van der Waals surface area contributed by atoms with E-state index in [0.29, 0.717) is 63.0 Å². The van der Waals surface area contributed by atoms with Gasteiger partial charge in [0, 0.05) is 18.4 Å². The first-order chi connectivity index (χ1) is 30.8. The zero-order valence-electron chi connectivity index (χ0n) is 38.4. The highest BCUT2D eigenvalue weighted by Crippen LogP contribution is 2.76. The number of aliphatic carboxylic acids is 1. The molecule has 0 radical (unpaired) electrons. The number of aliphatic hydroxyl groups is 4. The SMILES string of the molecule is C=C1C[C@]23C[C@@]1(O)CC[C@H]2C1=C[C@@H]2OC(=O)[C@@](C)([C@H]1[C@@H]3C(=O)NCC1CCCCC1)[C@H]2O.C=C1C[C@]23C[C@@]1(O)CC[C@H]2C1=C[C@H]2OC(=O)[C@@](C)([C@H]1[C@@H]3C(=O)O)[C@H]2O.NCC1CCCCC1. The van der Waals surface area contributed by atoms with Gasteiger partial charge in [-0.3, -0.25) is 19.2 Å². The Kier molecular flexibility index (Phi) is 10.9. The van der Waals surface area contributed by atoms with Crippen LogP contribution in [-0.2, 0) is 28.7 Å². The number of carbonyl (C=O) groups is 4. The van der Waals surface area contributed by atoms with Gasteiger partial charge in [0.25, 0.3) is 0 Å². The van der Waals surface area contributed by atoms with Crippen molar-refractivity contribution >= 4 is 23.8 Å². The number of nitrogens with two attached hydrogens (primary N) is 1. The van der Waals surface area contributed by atoms with E-state index in [9.17, 15) is 44.7 Å². The first-order valence-electron chi connectivity index (χ1n) is 25.0. The molecule has 0 aromatic rings. The Bertz CT molecular complexity index is 2120. The van der Waals surface area contributed by atoms with E-state index >= 15 is 0 Å². The molecule has 8 bridgehead atoms. The Morgan fingerprint density at radius 1 is 0.708 bits per heavy atom. The maximum atomic E-state index is 13.9. The Morgan fingerprint density at radius 3 is 1.57 bits per heavy atom. The van der Waals surface area contributed by atoms with Crippen molar-refractivity contribution in [3.8, 4) is 0 Å². The van der Waals surface area contributed by atoms with Gasteiger partial charge in [-0.15, -0.1) is 0 Å². The van der Waals surface area contributed by atoms with Crippen LogP contribution < -0.4 is 11.1 Å². The fourth-order valence-electron chi connectivity index (χ4n) is 16.9. The van der Waals surface area contributed by atoms with Crippen LogP contribution in [0.2, 0.25) is 0 Å². The molecule has 13 nitrogen and oxygen atoms in total. The summed E-state index contributed by atoms with van der Waals surface area (Å²) in [5.74, 6) is -2.74. The number of allylic oxidation sites excluding steroid dienone is 2. The second-order valence-electron chi connectivity index (χ2n) is 23.4. The van der Waals surface area contributed by atoms with Gasteiger partial charge in [0.15, 0.2) is 0 Å². The molecule has 12 aliphatic rings. The Labute approximate surface area is 382 Å². The quantitative estimate of drug-likeness (QED) is 0.140. The third-order valence-electron chi connectivity index (χ3n) is 20.3. The number of hydrogen-bond acceptors (Lipinski definition) is 11. The van der Waals surface area contributed by atoms with Gasteiger partial charge in [-0.1, -0.05) is 62.8 Å². The molecule has 0 aromatic heterocycles. The number of carboxylic acids is 1. The summed E-state index contributed by atoms with van der Waals surface area (Å²) in [5.41, 5.74) is 3.70. The Balaban J connectivity index is 0.000000134. The number of aliphatic hydroxyl groups excluding tert-OH is 2. The number of carboxylic acid groups (broad SMARTS) is 1. The molecule has 1 amide bonds. The van der Waals surface area contributed by atoms with Crippen LogP contribution >= 0.6 is 0 Å². The molecular weight excluding hydrogens is 829 g/mol. The van der Waals surface area contributed by atoms with E-state index in [1.54, 1.807) is 19.9 Å². The van der Waals surface area contributed by atoms with Crippen molar-refractivity contribution in [1.29, 1.82) is 0 Å². The van der Waals surface area contributed by atoms with Crippen LogP contribution in [0.3, 0.4) is 0 Å². The van der Waals surface area contributed by atoms with Crippen molar-refractivity contribution in [2.24, 2.45) is 74.7 Å². The van der Waals surface area contributed by atoms with E-state index in [2.05, 4.69) is 18.5 Å². The molecule has 10 aliphatic carbocycles. The first-order valence-corrected chi connectivity index (χ1v) is 25.0. The van der Waals surface area contributed by atoms with Crippen LogP contribution in [0, 0.1) is 69.0 Å². The van der Waals surface area contributed by atoms with Crippen molar-refractivity contribution < 1.29 is 54.2 Å². The summed E-state index contributed by atoms with van der Waals surface area (Å²) in [6, 6.07) is 0. The molecule has 0 aromatic carbocycles. The van der Waals surface area contributed by atoms with Crippen molar-refractivity contribution in [2.75, 3.05) is 13.1 Å². The van der Waals surface area contributed by atoms with Crippen LogP contribution in [-0.4, -0.2) is 98.1 Å². The molecule has 65 heavy (non-hydrogen) atoms. The third kappa shape index (κ3) is 6.32. The van der Waals surface area contributed by atoms with E-state index < -0.39 is 98.9 Å². The van der Waals surface area contributed by atoms with Crippen molar-refractivity contribution in [3.05, 3.63) is 47.6 Å². The van der Waals surface area contributed by atoms with Gasteiger partial charge in [0.05, 0.1) is 23.0 Å². The fraction of sp³-hybridized carbons (Fsp3) is 0.769. The molecule has 12 rings (SSSR count). The lowest BCUT2D eigenvalue weighted by atomic mass is 9.60. The highest BCUT2D eigenvalue weighted by Gasteiger charge is 2.77. The summed E-state index contributed by atoms with van der Waals surface area (Å²) in [4.78, 5) is 51.9. The molecule has 8 N–H and O–H groups in total. The molecule has 2 heterocycles. The Morgan fingerprint density at radius 2 is 1.14 bits per heavy atom. The summed E-state index contributed by atoms with van der Waals surface area (Å²) in [6.07, 6.45) is 18.1. The molecule has 2 aliphatic heterocycles. The number of esters is 2. The average Bonchev–Trinajstić information content (AvgIpc) is 3.94. The number of nitrogens with one attached hydrogen (secondary N) is 1. The second-order valence-corrected chi connectivity index (χ2v) is 23.4. The molecule has 0 unspecified atom stereocenters. The normalized spacial score (nSPS) is 48.5. The molecule has 356 valence electrons. The third-order valence-corrected chi connectivity index (χ3v) is 20.3. The lowest BCUT2D eigenvalue weighted by Gasteiger charge is -2.43. The number of amides is 1. The van der Waals surface area contributed by atoms with Gasteiger partial charge in [-0.05, 0) is 155 Å². The van der Waals surface area contributed by atoms with E-state index in [4.69, 9.17) is 15.2 Å². The zero-order valence-corrected chi connectivity index (χ0v) is 38.4. The summed E-state index contributed by atoms with van der Waals surface area (Å²) in [7, 11) is 0. The lowest BCUT2D eigenvalue weighted by Crippen LogP contribution is -2.52. The molecule has 8 saturated carbocycles. The second kappa shape index (κ2) is 15.6.